The van der Waals surface area contributed by atoms with Crippen LogP contribution >= 0.6 is 0 Å². The minimum atomic E-state index is -0.975. The van der Waals surface area contributed by atoms with Crippen LogP contribution in [0.4, 0.5) is 0 Å². The molecule has 194 valence electrons. The van der Waals surface area contributed by atoms with Gasteiger partial charge in [-0.05, 0) is 61.6 Å². The normalized spacial score (nSPS) is 20.4. The Bertz CT molecular complexity index is 879. The van der Waals surface area contributed by atoms with Gasteiger partial charge in [0.1, 0.15) is 11.8 Å². The molecule has 0 spiro atoms. The summed E-state index contributed by atoms with van der Waals surface area (Å²) in [6, 6.07) is 5.89. The average Bonchev–Trinajstić information content (AvgIpc) is 2.82. The standard InChI is InChI=1S/C27H41N3O5/c1-18(2)14-23-25(31)30(13-10-28-23)24(15-19(3)4)26(32)29-11-8-20(9-12-29)17-35-22-7-5-6-21(16-22)27(33)34/h5-7,16,18-20,23-24,28H,8-15,17H2,1-4H3,(H,33,34)/t23-,24-/m0/s1. The van der Waals surface area contributed by atoms with E-state index in [9.17, 15) is 14.4 Å². The molecule has 3 rings (SSSR count). The second kappa shape index (κ2) is 12.4. The first-order valence-corrected chi connectivity index (χ1v) is 12.9. The third-order valence-electron chi connectivity index (χ3n) is 6.88. The molecule has 35 heavy (non-hydrogen) atoms. The van der Waals surface area contributed by atoms with Crippen LogP contribution < -0.4 is 10.1 Å². The van der Waals surface area contributed by atoms with Crippen LogP contribution in [0.5, 0.6) is 5.75 Å². The van der Waals surface area contributed by atoms with E-state index in [1.54, 1.807) is 18.2 Å². The van der Waals surface area contributed by atoms with Crippen LogP contribution in [-0.4, -0.2) is 77.6 Å². The Morgan fingerprint density at radius 2 is 1.83 bits per heavy atom. The van der Waals surface area contributed by atoms with Crippen molar-refractivity contribution in [2.24, 2.45) is 17.8 Å². The van der Waals surface area contributed by atoms with Crippen LogP contribution in [0, 0.1) is 17.8 Å². The zero-order chi connectivity index (χ0) is 25.5. The van der Waals surface area contributed by atoms with E-state index < -0.39 is 12.0 Å². The Morgan fingerprint density at radius 3 is 2.46 bits per heavy atom. The summed E-state index contributed by atoms with van der Waals surface area (Å²) in [6.45, 7) is 11.5. The number of ether oxygens (including phenoxy) is 1. The number of aromatic carboxylic acids is 1. The lowest BCUT2D eigenvalue weighted by molar-refractivity contribution is -0.150. The summed E-state index contributed by atoms with van der Waals surface area (Å²) >= 11 is 0. The molecule has 0 bridgehead atoms. The molecule has 1 aromatic rings. The molecular formula is C27H41N3O5. The van der Waals surface area contributed by atoms with Gasteiger partial charge in [-0.1, -0.05) is 33.8 Å². The first-order chi connectivity index (χ1) is 16.7. The third kappa shape index (κ3) is 7.43. The van der Waals surface area contributed by atoms with Crippen LogP contribution in [0.3, 0.4) is 0 Å². The highest BCUT2D eigenvalue weighted by Gasteiger charge is 2.39. The van der Waals surface area contributed by atoms with Crippen LogP contribution in [0.25, 0.3) is 0 Å². The molecular weight excluding hydrogens is 446 g/mol. The van der Waals surface area contributed by atoms with Crippen molar-refractivity contribution >= 4 is 17.8 Å². The summed E-state index contributed by atoms with van der Waals surface area (Å²) in [5, 5.41) is 12.5. The Hall–Kier alpha value is -2.61. The number of rotatable bonds is 10. The molecule has 2 atom stereocenters. The van der Waals surface area contributed by atoms with Crippen molar-refractivity contribution in [1.82, 2.24) is 15.1 Å². The van der Waals surface area contributed by atoms with Crippen molar-refractivity contribution in [3.05, 3.63) is 29.8 Å². The molecule has 2 heterocycles. The van der Waals surface area contributed by atoms with Crippen molar-refractivity contribution < 1.29 is 24.2 Å². The summed E-state index contributed by atoms with van der Waals surface area (Å²) in [5.41, 5.74) is 0.206. The van der Waals surface area contributed by atoms with Gasteiger partial charge in [-0.2, -0.15) is 0 Å². The van der Waals surface area contributed by atoms with Gasteiger partial charge in [-0.3, -0.25) is 9.59 Å². The van der Waals surface area contributed by atoms with E-state index in [4.69, 9.17) is 9.84 Å². The van der Waals surface area contributed by atoms with Crippen LogP contribution in [0.2, 0.25) is 0 Å². The SMILES string of the molecule is CC(C)C[C@@H]1NCCN([C@@H](CC(C)C)C(=O)N2CCC(COc3cccc(C(=O)O)c3)CC2)C1=O. The summed E-state index contributed by atoms with van der Waals surface area (Å²) in [6.07, 6.45) is 3.09. The van der Waals surface area contributed by atoms with Gasteiger partial charge in [0.15, 0.2) is 0 Å². The average molecular weight is 488 g/mol. The zero-order valence-electron chi connectivity index (χ0n) is 21.5. The predicted octanol–water partition coefficient (Wildman–Crippen LogP) is 3.26. The fraction of sp³-hybridized carbons (Fsp3) is 0.667. The fourth-order valence-corrected chi connectivity index (χ4v) is 4.99. The topological polar surface area (TPSA) is 99.2 Å². The summed E-state index contributed by atoms with van der Waals surface area (Å²) in [4.78, 5) is 41.8. The molecule has 0 aliphatic carbocycles. The van der Waals surface area contributed by atoms with Crippen molar-refractivity contribution in [2.75, 3.05) is 32.8 Å². The molecule has 1 aromatic carbocycles. The Kier molecular flexibility index (Phi) is 9.55. The molecule has 0 unspecified atom stereocenters. The summed E-state index contributed by atoms with van der Waals surface area (Å²) in [5.74, 6) is 0.699. The Balaban J connectivity index is 1.57. The van der Waals surface area contributed by atoms with E-state index in [0.29, 0.717) is 62.7 Å². The second-order valence-electron chi connectivity index (χ2n) is 10.7. The number of carbonyl (C=O) groups is 3. The zero-order valence-corrected chi connectivity index (χ0v) is 21.5. The van der Waals surface area contributed by atoms with Gasteiger partial charge >= 0.3 is 5.97 Å². The highest BCUT2D eigenvalue weighted by molar-refractivity contribution is 5.90. The van der Waals surface area contributed by atoms with Gasteiger partial charge in [0.05, 0.1) is 18.2 Å². The van der Waals surface area contributed by atoms with E-state index in [-0.39, 0.29) is 23.4 Å². The number of amides is 2. The molecule has 2 amide bonds. The van der Waals surface area contributed by atoms with Crippen molar-refractivity contribution in [3.63, 3.8) is 0 Å². The van der Waals surface area contributed by atoms with Gasteiger partial charge in [0.2, 0.25) is 11.8 Å². The van der Waals surface area contributed by atoms with Crippen molar-refractivity contribution in [1.29, 1.82) is 0 Å². The molecule has 2 aliphatic rings. The van der Waals surface area contributed by atoms with Gasteiger partial charge in [0, 0.05) is 26.2 Å². The number of carboxylic acid groups (broad SMARTS) is 1. The summed E-state index contributed by atoms with van der Waals surface area (Å²) in [7, 11) is 0. The molecule has 8 nitrogen and oxygen atoms in total. The number of nitrogens with one attached hydrogen (secondary N) is 1. The minimum absolute atomic E-state index is 0.0517. The lowest BCUT2D eigenvalue weighted by atomic mass is 9.94. The highest BCUT2D eigenvalue weighted by Crippen LogP contribution is 2.24. The molecule has 2 saturated heterocycles. The number of hydrogen-bond acceptors (Lipinski definition) is 5. The first kappa shape index (κ1) is 27.0. The highest BCUT2D eigenvalue weighted by atomic mass is 16.5. The minimum Gasteiger partial charge on any atom is -0.493 e. The van der Waals surface area contributed by atoms with Gasteiger partial charge in [-0.15, -0.1) is 0 Å². The van der Waals surface area contributed by atoms with E-state index in [1.807, 2.05) is 9.80 Å². The maximum Gasteiger partial charge on any atom is 0.335 e. The predicted molar refractivity (Wildman–Crippen MR) is 134 cm³/mol. The largest absolute Gasteiger partial charge is 0.493 e. The number of benzene rings is 1. The van der Waals surface area contributed by atoms with Gasteiger partial charge < -0.3 is 25.0 Å². The maximum atomic E-state index is 13.6. The molecule has 0 radical (unpaired) electrons. The number of carboxylic acids is 1. The summed E-state index contributed by atoms with van der Waals surface area (Å²) < 4.78 is 5.86. The smallest absolute Gasteiger partial charge is 0.335 e. The van der Waals surface area contributed by atoms with Crippen molar-refractivity contribution in [2.45, 2.75) is 65.5 Å². The monoisotopic (exact) mass is 487 g/mol. The number of likely N-dealkylation sites (tertiary alicyclic amines) is 1. The van der Waals surface area contributed by atoms with Gasteiger partial charge in [-0.25, -0.2) is 4.79 Å². The Morgan fingerprint density at radius 1 is 1.11 bits per heavy atom. The maximum absolute atomic E-state index is 13.6. The number of carbonyl (C=O) groups excluding carboxylic acids is 2. The van der Waals surface area contributed by atoms with Crippen molar-refractivity contribution in [3.8, 4) is 5.75 Å². The number of piperazine rings is 1. The second-order valence-corrected chi connectivity index (χ2v) is 10.7. The number of hydrogen-bond donors (Lipinski definition) is 2. The molecule has 2 N–H and O–H groups in total. The lowest BCUT2D eigenvalue weighted by Crippen LogP contribution is -2.62. The van der Waals surface area contributed by atoms with E-state index in [1.165, 1.54) is 6.07 Å². The van der Waals surface area contributed by atoms with Gasteiger partial charge in [0.25, 0.3) is 0 Å². The molecule has 2 fully saturated rings. The molecule has 0 saturated carbocycles. The molecule has 2 aliphatic heterocycles. The Labute approximate surface area is 209 Å². The van der Waals surface area contributed by atoms with Crippen LogP contribution in [0.15, 0.2) is 24.3 Å². The van der Waals surface area contributed by atoms with E-state index in [2.05, 4.69) is 33.0 Å². The number of nitrogens with zero attached hydrogens (tertiary/aromatic N) is 2. The number of piperidine rings is 1. The molecule has 8 heteroatoms. The first-order valence-electron chi connectivity index (χ1n) is 12.9. The fourth-order valence-electron chi connectivity index (χ4n) is 4.99. The van der Waals surface area contributed by atoms with E-state index >= 15 is 0 Å². The molecule has 0 aromatic heterocycles. The third-order valence-corrected chi connectivity index (χ3v) is 6.88. The van der Waals surface area contributed by atoms with E-state index in [0.717, 1.165) is 19.3 Å². The van der Waals surface area contributed by atoms with Crippen LogP contribution in [0.1, 0.15) is 63.7 Å². The van der Waals surface area contributed by atoms with Crippen LogP contribution in [-0.2, 0) is 9.59 Å². The lowest BCUT2D eigenvalue weighted by Gasteiger charge is -2.42. The quantitative estimate of drug-likeness (QED) is 0.526.